The molecular formula is C23H20F3NO5S. The van der Waals surface area contributed by atoms with Crippen molar-refractivity contribution in [3.05, 3.63) is 69.8 Å². The number of hydrogen-bond donors (Lipinski definition) is 2. The third-order valence-electron chi connectivity index (χ3n) is 4.36. The molecule has 2 N–H and O–H groups in total. The zero-order valence-corrected chi connectivity index (χ0v) is 18.5. The Morgan fingerprint density at radius 2 is 1.88 bits per heavy atom. The lowest BCUT2D eigenvalue weighted by molar-refractivity contribution is -0.138. The van der Waals surface area contributed by atoms with Crippen LogP contribution in [-0.2, 0) is 15.7 Å². The number of aliphatic imine (C=N–C) groups is 1. The topological polar surface area (TPSA) is 88.4 Å². The third-order valence-corrected chi connectivity index (χ3v) is 5.38. The highest BCUT2D eigenvalue weighted by molar-refractivity contribution is 8.18. The summed E-state index contributed by atoms with van der Waals surface area (Å²) < 4.78 is 49.5. The van der Waals surface area contributed by atoms with Gasteiger partial charge >= 0.3 is 12.1 Å². The molecule has 33 heavy (non-hydrogen) atoms. The number of carbonyl (C=O) groups is 1. The van der Waals surface area contributed by atoms with Gasteiger partial charge in [0.2, 0.25) is 0 Å². The number of phenols is 1. The molecule has 174 valence electrons. The Hall–Kier alpha value is -3.40. The highest BCUT2D eigenvalue weighted by Crippen LogP contribution is 2.41. The van der Waals surface area contributed by atoms with Crippen molar-refractivity contribution in [2.75, 3.05) is 13.2 Å². The molecule has 0 bridgehead atoms. The summed E-state index contributed by atoms with van der Waals surface area (Å²) in [5.74, 6) is -1.08. The molecule has 0 aromatic heterocycles. The van der Waals surface area contributed by atoms with Crippen molar-refractivity contribution in [2.24, 2.45) is 4.99 Å². The maximum atomic E-state index is 13.1. The largest absolute Gasteiger partial charge is 0.506 e. The van der Waals surface area contributed by atoms with Crippen molar-refractivity contribution in [3.63, 3.8) is 0 Å². The molecule has 6 nitrogen and oxygen atoms in total. The SMILES string of the molecule is CCOC(=O)C1=C(O)/C(=C\c2ccc(O)c(OCC)c2)SC1=Nc1cccc(C(F)(F)F)c1. The van der Waals surface area contributed by atoms with E-state index in [4.69, 9.17) is 9.47 Å². The molecule has 0 saturated carbocycles. The van der Waals surface area contributed by atoms with Crippen molar-refractivity contribution >= 4 is 34.5 Å². The van der Waals surface area contributed by atoms with Crippen molar-refractivity contribution in [3.8, 4) is 11.5 Å². The van der Waals surface area contributed by atoms with E-state index in [1.54, 1.807) is 26.0 Å². The van der Waals surface area contributed by atoms with Gasteiger partial charge in [0.1, 0.15) is 16.4 Å². The van der Waals surface area contributed by atoms with Gasteiger partial charge in [0.05, 0.1) is 29.4 Å². The number of aliphatic hydroxyl groups is 1. The Labute approximate surface area is 192 Å². The smallest absolute Gasteiger partial charge is 0.416 e. The maximum absolute atomic E-state index is 13.1. The van der Waals surface area contributed by atoms with Crippen molar-refractivity contribution in [2.45, 2.75) is 20.0 Å². The van der Waals surface area contributed by atoms with Gasteiger partial charge in [-0.2, -0.15) is 13.2 Å². The molecule has 0 unspecified atom stereocenters. The summed E-state index contributed by atoms with van der Waals surface area (Å²) in [7, 11) is 0. The molecule has 0 fully saturated rings. The Morgan fingerprint density at radius 1 is 1.12 bits per heavy atom. The minimum Gasteiger partial charge on any atom is -0.506 e. The van der Waals surface area contributed by atoms with Gasteiger partial charge in [-0.15, -0.1) is 0 Å². The molecule has 0 spiro atoms. The first-order valence-corrected chi connectivity index (χ1v) is 10.7. The maximum Gasteiger partial charge on any atom is 0.416 e. The van der Waals surface area contributed by atoms with Gasteiger partial charge in [-0.05, 0) is 55.8 Å². The predicted octanol–water partition coefficient (Wildman–Crippen LogP) is 6.00. The van der Waals surface area contributed by atoms with Crippen molar-refractivity contribution in [1.82, 2.24) is 0 Å². The molecule has 3 rings (SSSR count). The molecule has 0 amide bonds. The number of benzene rings is 2. The number of rotatable bonds is 6. The number of aliphatic hydroxyl groups excluding tert-OH is 1. The van der Waals surface area contributed by atoms with Gasteiger partial charge in [-0.3, -0.25) is 0 Å². The number of phenolic OH excluding ortho intramolecular Hbond substituents is 1. The van der Waals surface area contributed by atoms with E-state index in [0.29, 0.717) is 12.2 Å². The van der Waals surface area contributed by atoms with Gasteiger partial charge < -0.3 is 19.7 Å². The minimum absolute atomic E-state index is 0.000310. The summed E-state index contributed by atoms with van der Waals surface area (Å²) in [4.78, 5) is 16.9. The van der Waals surface area contributed by atoms with E-state index in [1.165, 1.54) is 24.3 Å². The molecule has 0 atom stereocenters. The van der Waals surface area contributed by atoms with E-state index in [0.717, 1.165) is 23.9 Å². The van der Waals surface area contributed by atoms with Gasteiger partial charge in [0.25, 0.3) is 0 Å². The third kappa shape index (κ3) is 5.70. The van der Waals surface area contributed by atoms with Gasteiger partial charge in [-0.25, -0.2) is 9.79 Å². The zero-order chi connectivity index (χ0) is 24.2. The monoisotopic (exact) mass is 479 g/mol. The molecule has 1 aliphatic rings. The fourth-order valence-electron chi connectivity index (χ4n) is 2.90. The Kier molecular flexibility index (Phi) is 7.37. The van der Waals surface area contributed by atoms with Crippen LogP contribution in [0.25, 0.3) is 6.08 Å². The second kappa shape index (κ2) is 10.0. The molecule has 2 aromatic rings. The Bertz CT molecular complexity index is 1160. The predicted molar refractivity (Wildman–Crippen MR) is 120 cm³/mol. The Balaban J connectivity index is 2.05. The summed E-state index contributed by atoms with van der Waals surface area (Å²) >= 11 is 0.909. The van der Waals surface area contributed by atoms with Crippen LogP contribution in [0.3, 0.4) is 0 Å². The van der Waals surface area contributed by atoms with E-state index in [2.05, 4.69) is 4.99 Å². The molecule has 10 heteroatoms. The molecule has 1 heterocycles. The van der Waals surface area contributed by atoms with Crippen LogP contribution in [0.2, 0.25) is 0 Å². The fraction of sp³-hybridized carbons (Fsp3) is 0.217. The van der Waals surface area contributed by atoms with Crippen LogP contribution in [-0.4, -0.2) is 34.4 Å². The van der Waals surface area contributed by atoms with Gasteiger partial charge in [-0.1, -0.05) is 23.9 Å². The molecular weight excluding hydrogens is 459 g/mol. The van der Waals surface area contributed by atoms with Crippen molar-refractivity contribution in [1.29, 1.82) is 0 Å². The van der Waals surface area contributed by atoms with E-state index >= 15 is 0 Å². The second-order valence-corrected chi connectivity index (χ2v) is 7.71. The van der Waals surface area contributed by atoms with E-state index in [1.807, 2.05) is 0 Å². The molecule has 0 radical (unpaired) electrons. The first-order chi connectivity index (χ1) is 15.6. The van der Waals surface area contributed by atoms with E-state index < -0.39 is 23.5 Å². The van der Waals surface area contributed by atoms with Crippen LogP contribution < -0.4 is 4.74 Å². The first kappa shape index (κ1) is 24.2. The average molecular weight is 479 g/mol. The number of aromatic hydroxyl groups is 1. The van der Waals surface area contributed by atoms with Crippen molar-refractivity contribution < 1.29 is 37.7 Å². The standard InChI is InChI=1S/C23H20F3NO5S/c1-3-31-17-10-13(8-9-16(17)28)11-18-20(29)19(22(30)32-4-2)21(33-18)27-15-7-5-6-14(12-15)23(24,25)26/h5-12,28-29H,3-4H2,1-2H3/b18-11+,27-21?. The highest BCUT2D eigenvalue weighted by Gasteiger charge is 2.34. The number of nitrogens with zero attached hydrogens (tertiary/aromatic N) is 1. The van der Waals surface area contributed by atoms with Gasteiger partial charge in [0.15, 0.2) is 11.5 Å². The Morgan fingerprint density at radius 3 is 2.55 bits per heavy atom. The molecule has 1 aliphatic heterocycles. The second-order valence-electron chi connectivity index (χ2n) is 6.68. The summed E-state index contributed by atoms with van der Waals surface area (Å²) in [6.45, 7) is 3.71. The number of alkyl halides is 3. The number of halogens is 3. The van der Waals surface area contributed by atoms with Crippen LogP contribution in [0.1, 0.15) is 25.0 Å². The van der Waals surface area contributed by atoms with Crippen LogP contribution in [0, 0.1) is 0 Å². The lowest BCUT2D eigenvalue weighted by Gasteiger charge is -2.07. The molecule has 0 saturated heterocycles. The van der Waals surface area contributed by atoms with Crippen LogP contribution in [0.4, 0.5) is 18.9 Å². The van der Waals surface area contributed by atoms with Crippen LogP contribution in [0.5, 0.6) is 11.5 Å². The zero-order valence-electron chi connectivity index (χ0n) is 17.6. The van der Waals surface area contributed by atoms with E-state index in [9.17, 15) is 28.2 Å². The van der Waals surface area contributed by atoms with E-state index in [-0.39, 0.29) is 39.3 Å². The molecule has 0 aliphatic carbocycles. The fourth-order valence-corrected chi connectivity index (χ4v) is 3.94. The number of esters is 1. The quantitative estimate of drug-likeness (QED) is 0.494. The lowest BCUT2D eigenvalue weighted by atomic mass is 10.1. The summed E-state index contributed by atoms with van der Waals surface area (Å²) in [5, 5.41) is 20.6. The number of carbonyl (C=O) groups excluding carboxylic acids is 1. The number of ether oxygens (including phenoxy) is 2. The van der Waals surface area contributed by atoms with Crippen LogP contribution >= 0.6 is 11.8 Å². The van der Waals surface area contributed by atoms with Gasteiger partial charge in [0, 0.05) is 0 Å². The minimum atomic E-state index is -4.55. The molecule has 2 aromatic carbocycles. The number of thioether (sulfide) groups is 1. The summed E-state index contributed by atoms with van der Waals surface area (Å²) in [5.41, 5.74) is -0.615. The van der Waals surface area contributed by atoms with Crippen LogP contribution in [0.15, 0.2) is 63.7 Å². The average Bonchev–Trinajstić information content (AvgIpc) is 3.05. The lowest BCUT2D eigenvalue weighted by Crippen LogP contribution is -2.13. The summed E-state index contributed by atoms with van der Waals surface area (Å²) in [6, 6.07) is 8.87. The first-order valence-electron chi connectivity index (χ1n) is 9.86. The highest BCUT2D eigenvalue weighted by atomic mass is 32.2. The number of hydrogen-bond acceptors (Lipinski definition) is 7. The normalized spacial score (nSPS) is 16.5. The summed E-state index contributed by atoms with van der Waals surface area (Å²) in [6.07, 6.45) is -3.01.